The highest BCUT2D eigenvalue weighted by Crippen LogP contribution is 2.44. The van der Waals surface area contributed by atoms with Gasteiger partial charge in [0.25, 0.3) is 0 Å². The van der Waals surface area contributed by atoms with Gasteiger partial charge >= 0.3 is 17.8 Å². The summed E-state index contributed by atoms with van der Waals surface area (Å²) >= 11 is 0. The topological polar surface area (TPSA) is 108 Å². The number of cyclic esters (lactones) is 1. The molecule has 3 amide bonds. The largest absolute Gasteiger partial charge is 0.464 e. The van der Waals surface area contributed by atoms with Crippen molar-refractivity contribution >= 4 is 23.9 Å². The minimum Gasteiger partial charge on any atom is -0.464 e. The summed E-state index contributed by atoms with van der Waals surface area (Å²) in [5.41, 5.74) is -1.74. The maximum Gasteiger partial charge on any atom is 0.430 e. The summed E-state index contributed by atoms with van der Waals surface area (Å²) in [6, 6.07) is 0. The molecule has 0 bridgehead atoms. The molecule has 2 unspecified atom stereocenters. The maximum absolute atomic E-state index is 11.7. The molecule has 2 aliphatic heterocycles. The van der Waals surface area contributed by atoms with E-state index in [0.29, 0.717) is 16.4 Å². The van der Waals surface area contributed by atoms with E-state index < -0.39 is 35.5 Å². The van der Waals surface area contributed by atoms with Crippen LogP contribution in [0.5, 0.6) is 0 Å². The smallest absolute Gasteiger partial charge is 0.430 e. The second-order valence-corrected chi connectivity index (χ2v) is 4.59. The molecule has 0 saturated carbocycles. The van der Waals surface area contributed by atoms with Gasteiger partial charge in [-0.3, -0.25) is 9.59 Å². The van der Waals surface area contributed by atoms with Crippen molar-refractivity contribution in [3.8, 4) is 0 Å². The molecule has 0 aromatic heterocycles. The van der Waals surface area contributed by atoms with Crippen molar-refractivity contribution in [1.29, 1.82) is 0 Å². The van der Waals surface area contributed by atoms with E-state index in [9.17, 15) is 24.3 Å². The van der Waals surface area contributed by atoms with Crippen molar-refractivity contribution in [3.05, 3.63) is 0 Å². The Morgan fingerprint density at radius 3 is 2.21 bits per heavy atom. The van der Waals surface area contributed by atoms with E-state index in [-0.39, 0.29) is 12.8 Å². The molecular formula is C11H14N2O6. The van der Waals surface area contributed by atoms with E-state index in [1.807, 2.05) is 0 Å². The van der Waals surface area contributed by atoms with Crippen molar-refractivity contribution in [2.75, 3.05) is 0 Å². The molecule has 0 aromatic rings. The number of rotatable bonds is 4. The minimum atomic E-state index is -1.74. The summed E-state index contributed by atoms with van der Waals surface area (Å²) in [6.07, 6.45) is -1.22. The molecule has 0 aliphatic carbocycles. The van der Waals surface area contributed by atoms with Crippen molar-refractivity contribution in [2.45, 2.75) is 38.8 Å². The number of carbonyl (C=O) groups is 4. The first-order chi connectivity index (χ1) is 8.86. The van der Waals surface area contributed by atoms with Crippen molar-refractivity contribution in [3.63, 3.8) is 0 Å². The number of hydrazine groups is 1. The molecule has 2 saturated heterocycles. The fraction of sp³-hybridized carbons (Fsp3) is 0.636. The Bertz CT molecular complexity index is 460. The van der Waals surface area contributed by atoms with Crippen LogP contribution >= 0.6 is 0 Å². The summed E-state index contributed by atoms with van der Waals surface area (Å²) in [5, 5.41) is 10.2. The van der Waals surface area contributed by atoms with Crippen LogP contribution < -0.4 is 0 Å². The molecule has 2 rings (SSSR count). The van der Waals surface area contributed by atoms with Gasteiger partial charge in [-0.15, -0.1) is 0 Å². The van der Waals surface area contributed by atoms with Crippen molar-refractivity contribution in [1.82, 2.24) is 10.0 Å². The van der Waals surface area contributed by atoms with Gasteiger partial charge in [0.05, 0.1) is 0 Å². The van der Waals surface area contributed by atoms with Crippen molar-refractivity contribution in [2.24, 2.45) is 5.92 Å². The number of ether oxygens (including phenoxy) is 1. The van der Waals surface area contributed by atoms with Crippen LogP contribution in [0.15, 0.2) is 0 Å². The van der Waals surface area contributed by atoms with Crippen LogP contribution in [-0.4, -0.2) is 44.7 Å². The van der Waals surface area contributed by atoms with Gasteiger partial charge in [-0.1, -0.05) is 13.8 Å². The molecule has 2 fully saturated rings. The third kappa shape index (κ3) is 1.74. The number of nitrogens with zero attached hydrogens (tertiary/aromatic N) is 2. The predicted molar refractivity (Wildman–Crippen MR) is 59.2 cm³/mol. The summed E-state index contributed by atoms with van der Waals surface area (Å²) in [6.45, 7) is 3.39. The van der Waals surface area contributed by atoms with Gasteiger partial charge in [0, 0.05) is 18.8 Å². The van der Waals surface area contributed by atoms with Gasteiger partial charge in [-0.2, -0.15) is 10.0 Å². The lowest BCUT2D eigenvalue weighted by Gasteiger charge is -2.32. The molecule has 104 valence electrons. The molecule has 8 heteroatoms. The van der Waals surface area contributed by atoms with Crippen LogP contribution in [0.4, 0.5) is 4.79 Å². The fourth-order valence-corrected chi connectivity index (χ4v) is 2.20. The lowest BCUT2D eigenvalue weighted by molar-refractivity contribution is -0.167. The third-order valence-corrected chi connectivity index (χ3v) is 3.50. The molecule has 2 heterocycles. The van der Waals surface area contributed by atoms with Gasteiger partial charge in [0.1, 0.15) is 0 Å². The number of carbonyl (C=O) groups excluding carboxylic acids is 3. The highest BCUT2D eigenvalue weighted by molar-refractivity contribution is 6.05. The van der Waals surface area contributed by atoms with Crippen LogP contribution in [0.1, 0.15) is 33.1 Å². The zero-order valence-corrected chi connectivity index (χ0v) is 10.6. The number of imide groups is 1. The van der Waals surface area contributed by atoms with Crippen LogP contribution in [0.2, 0.25) is 0 Å². The first-order valence-corrected chi connectivity index (χ1v) is 5.98. The normalized spacial score (nSPS) is 27.3. The van der Waals surface area contributed by atoms with Gasteiger partial charge in [0.15, 0.2) is 0 Å². The first-order valence-electron chi connectivity index (χ1n) is 5.98. The zero-order chi connectivity index (χ0) is 14.4. The number of carboxylic acid groups (broad SMARTS) is 1. The van der Waals surface area contributed by atoms with Crippen LogP contribution in [0.25, 0.3) is 0 Å². The molecule has 0 spiro atoms. The molecule has 0 radical (unpaired) electrons. The van der Waals surface area contributed by atoms with E-state index in [4.69, 9.17) is 4.74 Å². The Morgan fingerprint density at radius 1 is 1.42 bits per heavy atom. The number of epoxide rings is 1. The zero-order valence-electron chi connectivity index (χ0n) is 10.6. The number of amides is 3. The van der Waals surface area contributed by atoms with Gasteiger partial charge in [-0.25, -0.2) is 9.59 Å². The second kappa shape index (κ2) is 4.22. The molecular weight excluding hydrogens is 256 g/mol. The Hall–Kier alpha value is -2.12. The summed E-state index contributed by atoms with van der Waals surface area (Å²) in [7, 11) is 0. The number of hydrogen-bond donors (Lipinski definition) is 1. The Morgan fingerprint density at radius 2 is 1.89 bits per heavy atom. The van der Waals surface area contributed by atoms with Crippen LogP contribution in [0, 0.1) is 5.92 Å². The average Bonchev–Trinajstić information content (AvgIpc) is 2.92. The molecule has 1 N–H and O–H groups in total. The fourth-order valence-electron chi connectivity index (χ4n) is 2.20. The quantitative estimate of drug-likeness (QED) is 0.582. The van der Waals surface area contributed by atoms with E-state index >= 15 is 0 Å². The highest BCUT2D eigenvalue weighted by Gasteiger charge is 2.71. The Labute approximate surface area is 108 Å². The molecule has 8 nitrogen and oxygen atoms in total. The minimum absolute atomic E-state index is 0.0621. The monoisotopic (exact) mass is 270 g/mol. The van der Waals surface area contributed by atoms with Crippen LogP contribution in [0.3, 0.4) is 0 Å². The third-order valence-electron chi connectivity index (χ3n) is 3.50. The molecule has 2 atom stereocenters. The van der Waals surface area contributed by atoms with Gasteiger partial charge in [0.2, 0.25) is 11.8 Å². The summed E-state index contributed by atoms with van der Waals surface area (Å²) < 4.78 is 4.85. The Kier molecular flexibility index (Phi) is 2.95. The first kappa shape index (κ1) is 13.3. The number of hydrogen-bond acceptors (Lipinski definition) is 5. The van der Waals surface area contributed by atoms with E-state index in [1.54, 1.807) is 13.8 Å². The van der Waals surface area contributed by atoms with Crippen molar-refractivity contribution < 1.29 is 29.0 Å². The molecule has 2 aliphatic rings. The molecule has 0 aromatic carbocycles. The second-order valence-electron chi connectivity index (χ2n) is 4.59. The highest BCUT2D eigenvalue weighted by atomic mass is 16.7. The maximum atomic E-state index is 11.7. The lowest BCUT2D eigenvalue weighted by Crippen LogP contribution is -2.58. The van der Waals surface area contributed by atoms with E-state index in [2.05, 4.69) is 0 Å². The molecule has 19 heavy (non-hydrogen) atoms. The van der Waals surface area contributed by atoms with E-state index in [1.165, 1.54) is 0 Å². The van der Waals surface area contributed by atoms with E-state index in [0.717, 1.165) is 0 Å². The predicted octanol–water partition coefficient (Wildman–Crippen LogP) is 0.330. The summed E-state index contributed by atoms with van der Waals surface area (Å²) in [5.74, 6) is -2.48. The SMILES string of the molecule is CCC(C)C1(N(C(=O)O)N2C(=O)CCC2=O)OC1=O. The Balaban J connectivity index is 2.41. The van der Waals surface area contributed by atoms with Gasteiger partial charge < -0.3 is 9.84 Å². The lowest BCUT2D eigenvalue weighted by atomic mass is 9.99. The van der Waals surface area contributed by atoms with Crippen LogP contribution in [-0.2, 0) is 19.1 Å². The standard InChI is InChI=1S/C11H14N2O6/c1-3-6(2)11(9(16)19-11)13(10(17)18)12-7(14)4-5-8(12)15/h6H,3-5H2,1-2H3,(H,17,18). The summed E-state index contributed by atoms with van der Waals surface area (Å²) in [4.78, 5) is 46.2. The van der Waals surface area contributed by atoms with Gasteiger partial charge in [-0.05, 0) is 6.42 Å². The average molecular weight is 270 g/mol.